The van der Waals surface area contributed by atoms with E-state index in [-0.39, 0.29) is 11.9 Å². The first-order valence-corrected chi connectivity index (χ1v) is 15.6. The van der Waals surface area contributed by atoms with Crippen molar-refractivity contribution in [2.75, 3.05) is 6.61 Å². The zero-order valence-electron chi connectivity index (χ0n) is 25.0. The highest BCUT2D eigenvalue weighted by Gasteiger charge is 2.11. The SMILES string of the molecule is CCCCCCCCCCCOc1ccc(-c2ncc(-c3ccc(O[C@H](C)CCCCCC)cc3)cn2)c(F)c1. The van der Waals surface area contributed by atoms with Crippen LogP contribution in [0.4, 0.5) is 4.39 Å². The van der Waals surface area contributed by atoms with E-state index >= 15 is 0 Å². The molecule has 40 heavy (non-hydrogen) atoms. The standard InChI is InChI=1S/C35H49FN2O2/c1-4-6-8-10-11-12-13-14-16-24-39-32-22-23-33(34(36)25-32)35-37-26-30(27-38-35)29-18-20-31(21-19-29)40-28(3)17-15-9-7-5-2/h18-23,25-28H,4-17,24H2,1-3H3/t28-/m1/s1. The van der Waals surface area contributed by atoms with Crippen molar-refractivity contribution in [1.29, 1.82) is 0 Å². The summed E-state index contributed by atoms with van der Waals surface area (Å²) in [6.45, 7) is 7.22. The number of aromatic nitrogens is 2. The van der Waals surface area contributed by atoms with E-state index in [0.29, 0.717) is 23.7 Å². The molecule has 5 heteroatoms. The lowest BCUT2D eigenvalue weighted by molar-refractivity contribution is 0.206. The molecule has 0 fully saturated rings. The van der Waals surface area contributed by atoms with Gasteiger partial charge in [-0.3, -0.25) is 0 Å². The maximum absolute atomic E-state index is 14.9. The van der Waals surface area contributed by atoms with Gasteiger partial charge in [0.25, 0.3) is 0 Å². The van der Waals surface area contributed by atoms with Crippen LogP contribution in [0.5, 0.6) is 11.5 Å². The van der Waals surface area contributed by atoms with Gasteiger partial charge >= 0.3 is 0 Å². The molecule has 4 nitrogen and oxygen atoms in total. The van der Waals surface area contributed by atoms with Gasteiger partial charge < -0.3 is 9.47 Å². The summed E-state index contributed by atoms with van der Waals surface area (Å²) in [7, 11) is 0. The molecule has 3 rings (SSSR count). The molecule has 2 aromatic carbocycles. The van der Waals surface area contributed by atoms with Gasteiger partial charge in [-0.2, -0.15) is 0 Å². The summed E-state index contributed by atoms with van der Waals surface area (Å²) in [5.74, 6) is 1.41. The second kappa shape index (κ2) is 18.4. The average Bonchev–Trinajstić information content (AvgIpc) is 2.97. The second-order valence-electron chi connectivity index (χ2n) is 10.9. The number of ether oxygens (including phenoxy) is 2. The number of halogens is 1. The maximum Gasteiger partial charge on any atom is 0.162 e. The van der Waals surface area contributed by atoms with Crippen LogP contribution >= 0.6 is 0 Å². The minimum Gasteiger partial charge on any atom is -0.493 e. The zero-order chi connectivity index (χ0) is 28.4. The van der Waals surface area contributed by atoms with Crippen molar-refractivity contribution in [3.63, 3.8) is 0 Å². The Bertz CT molecular complexity index is 1090. The van der Waals surface area contributed by atoms with Crippen molar-refractivity contribution in [2.45, 2.75) is 117 Å². The van der Waals surface area contributed by atoms with Gasteiger partial charge in [0, 0.05) is 24.0 Å². The van der Waals surface area contributed by atoms with E-state index in [1.807, 2.05) is 24.3 Å². The van der Waals surface area contributed by atoms with Gasteiger partial charge in [0.1, 0.15) is 17.3 Å². The third kappa shape index (κ3) is 11.3. The van der Waals surface area contributed by atoms with E-state index in [0.717, 1.165) is 36.1 Å². The van der Waals surface area contributed by atoms with E-state index < -0.39 is 0 Å². The van der Waals surface area contributed by atoms with Crippen LogP contribution in [0.1, 0.15) is 111 Å². The predicted octanol–water partition coefficient (Wildman–Crippen LogP) is 10.6. The molecule has 0 aliphatic heterocycles. The van der Waals surface area contributed by atoms with Crippen LogP contribution in [0, 0.1) is 5.82 Å². The first-order valence-electron chi connectivity index (χ1n) is 15.6. The fraction of sp³-hybridized carbons (Fsp3) is 0.543. The fourth-order valence-corrected chi connectivity index (χ4v) is 4.86. The summed E-state index contributed by atoms with van der Waals surface area (Å²) in [5.41, 5.74) is 2.25. The molecule has 0 saturated carbocycles. The van der Waals surface area contributed by atoms with E-state index in [2.05, 4.69) is 30.7 Å². The molecule has 1 atom stereocenters. The maximum atomic E-state index is 14.9. The van der Waals surface area contributed by atoms with Crippen molar-refractivity contribution in [2.24, 2.45) is 0 Å². The summed E-state index contributed by atoms with van der Waals surface area (Å²) in [4.78, 5) is 8.88. The Morgan fingerprint density at radius 2 is 1.25 bits per heavy atom. The molecular weight excluding hydrogens is 499 g/mol. The van der Waals surface area contributed by atoms with Crippen molar-refractivity contribution in [3.05, 3.63) is 60.7 Å². The van der Waals surface area contributed by atoms with Gasteiger partial charge in [0.2, 0.25) is 0 Å². The molecule has 0 radical (unpaired) electrons. The smallest absolute Gasteiger partial charge is 0.162 e. The molecule has 0 aliphatic rings. The molecule has 0 unspecified atom stereocenters. The molecule has 218 valence electrons. The summed E-state index contributed by atoms with van der Waals surface area (Å²) in [6.07, 6.45) is 21.1. The summed E-state index contributed by atoms with van der Waals surface area (Å²) in [5, 5.41) is 0. The molecule has 3 aromatic rings. The van der Waals surface area contributed by atoms with Gasteiger partial charge in [-0.05, 0) is 56.0 Å². The van der Waals surface area contributed by atoms with Gasteiger partial charge in [-0.15, -0.1) is 0 Å². The first-order chi connectivity index (χ1) is 19.6. The normalized spacial score (nSPS) is 11.9. The quantitative estimate of drug-likeness (QED) is 0.132. The third-order valence-corrected chi connectivity index (χ3v) is 7.34. The van der Waals surface area contributed by atoms with E-state index in [9.17, 15) is 4.39 Å². The molecule has 0 amide bonds. The zero-order valence-corrected chi connectivity index (χ0v) is 25.0. The number of rotatable bonds is 20. The molecule has 1 aromatic heterocycles. The van der Waals surface area contributed by atoms with Crippen molar-refractivity contribution >= 4 is 0 Å². The third-order valence-electron chi connectivity index (χ3n) is 7.34. The second-order valence-corrected chi connectivity index (χ2v) is 10.9. The minimum atomic E-state index is -0.373. The largest absolute Gasteiger partial charge is 0.493 e. The van der Waals surface area contributed by atoms with Gasteiger partial charge in [-0.25, -0.2) is 14.4 Å². The van der Waals surface area contributed by atoms with Gasteiger partial charge in [0.05, 0.1) is 18.3 Å². The molecule has 0 N–H and O–H groups in total. The number of nitrogens with zero attached hydrogens (tertiary/aromatic N) is 2. The Balaban J connectivity index is 1.43. The molecule has 0 spiro atoms. The van der Waals surface area contributed by atoms with Crippen LogP contribution < -0.4 is 9.47 Å². The number of hydrogen-bond donors (Lipinski definition) is 0. The van der Waals surface area contributed by atoms with Crippen molar-refractivity contribution in [1.82, 2.24) is 9.97 Å². The number of unbranched alkanes of at least 4 members (excludes halogenated alkanes) is 11. The van der Waals surface area contributed by atoms with Crippen molar-refractivity contribution in [3.8, 4) is 34.0 Å². The van der Waals surface area contributed by atoms with Gasteiger partial charge in [-0.1, -0.05) is 96.6 Å². The highest BCUT2D eigenvalue weighted by Crippen LogP contribution is 2.27. The number of hydrogen-bond acceptors (Lipinski definition) is 4. The monoisotopic (exact) mass is 548 g/mol. The molecular formula is C35H49FN2O2. The Kier molecular flexibility index (Phi) is 14.5. The molecule has 0 aliphatic carbocycles. The molecule has 0 saturated heterocycles. The Morgan fingerprint density at radius 3 is 1.88 bits per heavy atom. The topological polar surface area (TPSA) is 44.2 Å². The lowest BCUT2D eigenvalue weighted by Gasteiger charge is -2.15. The van der Waals surface area contributed by atoms with Crippen LogP contribution in [-0.4, -0.2) is 22.7 Å². The lowest BCUT2D eigenvalue weighted by atomic mass is 10.1. The highest BCUT2D eigenvalue weighted by molar-refractivity contribution is 5.64. The van der Waals surface area contributed by atoms with Gasteiger partial charge in [0.15, 0.2) is 5.82 Å². The van der Waals surface area contributed by atoms with Crippen LogP contribution in [0.25, 0.3) is 22.5 Å². The average molecular weight is 549 g/mol. The fourth-order valence-electron chi connectivity index (χ4n) is 4.86. The Morgan fingerprint density at radius 1 is 0.675 bits per heavy atom. The minimum absolute atomic E-state index is 0.201. The van der Waals surface area contributed by atoms with Crippen LogP contribution in [0.3, 0.4) is 0 Å². The van der Waals surface area contributed by atoms with E-state index in [1.54, 1.807) is 24.5 Å². The number of benzene rings is 2. The van der Waals surface area contributed by atoms with Crippen LogP contribution in [-0.2, 0) is 0 Å². The van der Waals surface area contributed by atoms with Crippen LogP contribution in [0.15, 0.2) is 54.9 Å². The lowest BCUT2D eigenvalue weighted by Crippen LogP contribution is -2.11. The predicted molar refractivity (Wildman–Crippen MR) is 164 cm³/mol. The first kappa shape index (κ1) is 31.6. The molecule has 1 heterocycles. The Labute approximate surface area is 241 Å². The highest BCUT2D eigenvalue weighted by atomic mass is 19.1. The molecule has 0 bridgehead atoms. The van der Waals surface area contributed by atoms with E-state index in [4.69, 9.17) is 9.47 Å². The summed E-state index contributed by atoms with van der Waals surface area (Å²) < 4.78 is 26.7. The summed E-state index contributed by atoms with van der Waals surface area (Å²) >= 11 is 0. The van der Waals surface area contributed by atoms with E-state index in [1.165, 1.54) is 76.7 Å². The summed E-state index contributed by atoms with van der Waals surface area (Å²) in [6, 6.07) is 12.9. The van der Waals surface area contributed by atoms with Crippen LogP contribution in [0.2, 0.25) is 0 Å². The van der Waals surface area contributed by atoms with Crippen molar-refractivity contribution < 1.29 is 13.9 Å². The Hall–Kier alpha value is -2.95.